The largest absolute Gasteiger partial charge is 0.395 e. The van der Waals surface area contributed by atoms with E-state index in [0.29, 0.717) is 13.1 Å². The minimum absolute atomic E-state index is 0.00280. The molecule has 0 heterocycles. The third kappa shape index (κ3) is 4.25. The smallest absolute Gasteiger partial charge is 0.230 e. The molecular weight excluding hydrogens is 228 g/mol. The van der Waals surface area contributed by atoms with Gasteiger partial charge in [0.15, 0.2) is 0 Å². The molecule has 0 fully saturated rings. The molecule has 0 aliphatic rings. The number of hydrogen-bond acceptors (Lipinski definition) is 3. The third-order valence-electron chi connectivity index (χ3n) is 3.53. The van der Waals surface area contributed by atoms with E-state index in [1.54, 1.807) is 4.90 Å². The van der Waals surface area contributed by atoms with Gasteiger partial charge in [-0.2, -0.15) is 0 Å². The zero-order valence-electron chi connectivity index (χ0n) is 12.4. The van der Waals surface area contributed by atoms with Gasteiger partial charge in [0.25, 0.3) is 0 Å². The Labute approximate surface area is 112 Å². The standard InChI is InChI=1S/C14H30N2O2/c1-5-7-14(11-15,8-6-2)13(18)16(9-10-17)12(3)4/h12,17H,5-11,15H2,1-4H3. The van der Waals surface area contributed by atoms with Gasteiger partial charge in [-0.1, -0.05) is 26.7 Å². The maximum atomic E-state index is 12.7. The maximum absolute atomic E-state index is 12.7. The van der Waals surface area contributed by atoms with Gasteiger partial charge in [0.2, 0.25) is 5.91 Å². The highest BCUT2D eigenvalue weighted by Crippen LogP contribution is 2.31. The lowest BCUT2D eigenvalue weighted by Crippen LogP contribution is -2.51. The van der Waals surface area contributed by atoms with Gasteiger partial charge in [-0.05, 0) is 26.7 Å². The average Bonchev–Trinajstić information content (AvgIpc) is 2.34. The number of nitrogens with two attached hydrogens (primary N) is 1. The molecular formula is C14H30N2O2. The molecule has 0 aliphatic carbocycles. The maximum Gasteiger partial charge on any atom is 0.230 e. The Morgan fingerprint density at radius 3 is 2.06 bits per heavy atom. The van der Waals surface area contributed by atoms with Gasteiger partial charge < -0.3 is 15.7 Å². The van der Waals surface area contributed by atoms with E-state index in [1.807, 2.05) is 13.8 Å². The molecule has 0 aromatic rings. The normalized spacial score (nSPS) is 11.9. The molecule has 0 radical (unpaired) electrons. The summed E-state index contributed by atoms with van der Waals surface area (Å²) < 4.78 is 0. The van der Waals surface area contributed by atoms with Crippen molar-refractivity contribution in [3.05, 3.63) is 0 Å². The molecule has 0 aliphatic heterocycles. The molecule has 0 rings (SSSR count). The Balaban J connectivity index is 5.11. The first-order valence-corrected chi connectivity index (χ1v) is 7.11. The zero-order valence-corrected chi connectivity index (χ0v) is 12.4. The number of hydrogen-bond donors (Lipinski definition) is 2. The molecule has 0 saturated heterocycles. The van der Waals surface area contributed by atoms with E-state index in [1.165, 1.54) is 0 Å². The second kappa shape index (κ2) is 8.48. The van der Waals surface area contributed by atoms with Gasteiger partial charge in [-0.15, -0.1) is 0 Å². The number of carbonyl (C=O) groups excluding carboxylic acids is 1. The Morgan fingerprint density at radius 2 is 1.78 bits per heavy atom. The van der Waals surface area contributed by atoms with Crippen molar-refractivity contribution in [2.24, 2.45) is 11.1 Å². The quantitative estimate of drug-likeness (QED) is 0.662. The van der Waals surface area contributed by atoms with Crippen molar-refractivity contribution in [3.63, 3.8) is 0 Å². The van der Waals surface area contributed by atoms with Crippen LogP contribution in [0.2, 0.25) is 0 Å². The van der Waals surface area contributed by atoms with E-state index in [0.717, 1.165) is 25.7 Å². The Kier molecular flexibility index (Phi) is 8.20. The highest BCUT2D eigenvalue weighted by molar-refractivity contribution is 5.83. The molecule has 4 heteroatoms. The molecule has 0 atom stereocenters. The van der Waals surface area contributed by atoms with Crippen molar-refractivity contribution in [1.29, 1.82) is 0 Å². The summed E-state index contributed by atoms with van der Waals surface area (Å²) in [4.78, 5) is 14.5. The van der Waals surface area contributed by atoms with Crippen LogP contribution < -0.4 is 5.73 Å². The van der Waals surface area contributed by atoms with E-state index in [2.05, 4.69) is 13.8 Å². The van der Waals surface area contributed by atoms with E-state index in [-0.39, 0.29) is 18.6 Å². The van der Waals surface area contributed by atoms with Gasteiger partial charge >= 0.3 is 0 Å². The van der Waals surface area contributed by atoms with E-state index in [9.17, 15) is 4.79 Å². The topological polar surface area (TPSA) is 66.6 Å². The van der Waals surface area contributed by atoms with Gasteiger partial charge in [0, 0.05) is 19.1 Å². The van der Waals surface area contributed by atoms with Gasteiger partial charge in [-0.3, -0.25) is 4.79 Å². The van der Waals surface area contributed by atoms with Crippen LogP contribution in [0.1, 0.15) is 53.4 Å². The zero-order chi connectivity index (χ0) is 14.2. The van der Waals surface area contributed by atoms with Gasteiger partial charge in [0.1, 0.15) is 0 Å². The van der Waals surface area contributed by atoms with Crippen LogP contribution in [0.25, 0.3) is 0 Å². The summed E-state index contributed by atoms with van der Waals surface area (Å²) in [5.74, 6) is 0.109. The Bertz CT molecular complexity index is 236. The molecule has 108 valence electrons. The highest BCUT2D eigenvalue weighted by atomic mass is 16.3. The molecule has 18 heavy (non-hydrogen) atoms. The minimum atomic E-state index is -0.442. The average molecular weight is 258 g/mol. The first-order valence-electron chi connectivity index (χ1n) is 7.11. The Morgan fingerprint density at radius 1 is 1.28 bits per heavy atom. The van der Waals surface area contributed by atoms with Crippen LogP contribution in [0.4, 0.5) is 0 Å². The summed E-state index contributed by atoms with van der Waals surface area (Å²) in [6.45, 7) is 8.91. The van der Waals surface area contributed by atoms with Gasteiger partial charge in [-0.25, -0.2) is 0 Å². The van der Waals surface area contributed by atoms with Crippen molar-refractivity contribution >= 4 is 5.91 Å². The first-order chi connectivity index (χ1) is 8.48. The van der Waals surface area contributed by atoms with Crippen LogP contribution in [0.15, 0.2) is 0 Å². The summed E-state index contributed by atoms with van der Waals surface area (Å²) in [6.07, 6.45) is 3.55. The number of rotatable bonds is 9. The number of carbonyl (C=O) groups is 1. The fraction of sp³-hybridized carbons (Fsp3) is 0.929. The van der Waals surface area contributed by atoms with Crippen LogP contribution in [0.5, 0.6) is 0 Å². The lowest BCUT2D eigenvalue weighted by atomic mass is 9.77. The summed E-state index contributed by atoms with van der Waals surface area (Å²) in [6, 6.07) is 0.101. The Hall–Kier alpha value is -0.610. The van der Waals surface area contributed by atoms with Crippen molar-refractivity contribution in [1.82, 2.24) is 4.90 Å². The van der Waals surface area contributed by atoms with E-state index < -0.39 is 5.41 Å². The summed E-state index contributed by atoms with van der Waals surface area (Å²) in [5.41, 5.74) is 5.46. The van der Waals surface area contributed by atoms with Crippen LogP contribution in [0, 0.1) is 5.41 Å². The van der Waals surface area contributed by atoms with E-state index in [4.69, 9.17) is 10.8 Å². The lowest BCUT2D eigenvalue weighted by molar-refractivity contribution is -0.145. The second-order valence-corrected chi connectivity index (χ2v) is 5.30. The minimum Gasteiger partial charge on any atom is -0.395 e. The van der Waals surface area contributed by atoms with Gasteiger partial charge in [0.05, 0.1) is 12.0 Å². The molecule has 3 N–H and O–H groups in total. The number of aliphatic hydroxyl groups is 1. The van der Waals surface area contributed by atoms with Crippen LogP contribution in [0.3, 0.4) is 0 Å². The number of aliphatic hydroxyl groups excluding tert-OH is 1. The molecule has 0 saturated carbocycles. The van der Waals surface area contributed by atoms with Crippen molar-refractivity contribution in [2.75, 3.05) is 19.7 Å². The van der Waals surface area contributed by atoms with Crippen LogP contribution >= 0.6 is 0 Å². The van der Waals surface area contributed by atoms with Crippen molar-refractivity contribution < 1.29 is 9.90 Å². The summed E-state index contributed by atoms with van der Waals surface area (Å²) in [7, 11) is 0. The monoisotopic (exact) mass is 258 g/mol. The molecule has 0 bridgehead atoms. The summed E-state index contributed by atoms with van der Waals surface area (Å²) >= 11 is 0. The molecule has 4 nitrogen and oxygen atoms in total. The van der Waals surface area contributed by atoms with Crippen LogP contribution in [-0.2, 0) is 4.79 Å². The fourth-order valence-electron chi connectivity index (χ4n) is 2.59. The van der Waals surface area contributed by atoms with E-state index >= 15 is 0 Å². The molecule has 0 spiro atoms. The second-order valence-electron chi connectivity index (χ2n) is 5.30. The highest BCUT2D eigenvalue weighted by Gasteiger charge is 2.38. The molecule has 0 aromatic heterocycles. The third-order valence-corrected chi connectivity index (χ3v) is 3.53. The summed E-state index contributed by atoms with van der Waals surface area (Å²) in [5, 5.41) is 9.11. The van der Waals surface area contributed by atoms with Crippen molar-refractivity contribution in [2.45, 2.75) is 59.4 Å². The fourth-order valence-corrected chi connectivity index (χ4v) is 2.59. The predicted molar refractivity (Wildman–Crippen MR) is 75.2 cm³/mol. The number of amides is 1. The lowest BCUT2D eigenvalue weighted by Gasteiger charge is -2.38. The van der Waals surface area contributed by atoms with Crippen molar-refractivity contribution in [3.8, 4) is 0 Å². The molecule has 0 unspecified atom stereocenters. The number of nitrogens with zero attached hydrogens (tertiary/aromatic N) is 1. The molecule has 0 aromatic carbocycles. The predicted octanol–water partition coefficient (Wildman–Crippen LogP) is 1.76. The van der Waals surface area contributed by atoms with Crippen LogP contribution in [-0.4, -0.2) is 41.7 Å². The molecule has 1 amide bonds. The SMILES string of the molecule is CCCC(CN)(CCC)C(=O)N(CCO)C(C)C. The first kappa shape index (κ1) is 17.4.